The molecule has 0 aliphatic heterocycles. The molecule has 0 atom stereocenters. The van der Waals surface area contributed by atoms with Crippen LogP contribution in [-0.4, -0.2) is 23.6 Å². The van der Waals surface area contributed by atoms with Gasteiger partial charge in [0.05, 0.1) is 12.7 Å². The van der Waals surface area contributed by atoms with Gasteiger partial charge in [-0.1, -0.05) is 6.07 Å². The summed E-state index contributed by atoms with van der Waals surface area (Å²) in [4.78, 5) is 12.2. The van der Waals surface area contributed by atoms with Crippen molar-refractivity contribution in [3.63, 3.8) is 0 Å². The molecule has 3 nitrogen and oxygen atoms in total. The number of ether oxygens (including phenoxy) is 1. The molecule has 0 amide bonds. The molecule has 0 aromatic heterocycles. The minimum Gasteiger partial charge on any atom is -0.496 e. The summed E-state index contributed by atoms with van der Waals surface area (Å²) >= 11 is 0. The number of Topliss-reactive ketones (excluding diaryl/α,β-unsaturated/α-hetero) is 1. The van der Waals surface area contributed by atoms with Gasteiger partial charge in [0.1, 0.15) is 11.4 Å². The predicted octanol–water partition coefficient (Wildman–Crippen LogP) is 2.57. The van der Waals surface area contributed by atoms with Crippen molar-refractivity contribution in [2.45, 2.75) is 40.2 Å². The van der Waals surface area contributed by atoms with Crippen LogP contribution in [0.15, 0.2) is 6.07 Å². The second-order valence-electron chi connectivity index (χ2n) is 4.93. The number of rotatable bonds is 3. The molecule has 0 spiro atoms. The highest BCUT2D eigenvalue weighted by Crippen LogP contribution is 2.32. The molecule has 0 unspecified atom stereocenters. The molecule has 17 heavy (non-hydrogen) atoms. The van der Waals surface area contributed by atoms with Crippen LogP contribution in [0.5, 0.6) is 5.75 Å². The number of carbonyl (C=O) groups is 1. The van der Waals surface area contributed by atoms with E-state index in [9.17, 15) is 9.90 Å². The molecule has 0 aliphatic carbocycles. The van der Waals surface area contributed by atoms with Gasteiger partial charge in [-0.05, 0) is 51.3 Å². The maximum atomic E-state index is 12.2. The van der Waals surface area contributed by atoms with Crippen LogP contribution in [-0.2, 0) is 0 Å². The Balaban J connectivity index is 3.53. The van der Waals surface area contributed by atoms with Crippen LogP contribution in [0.1, 0.15) is 40.9 Å². The lowest BCUT2D eigenvalue weighted by Crippen LogP contribution is -2.32. The maximum Gasteiger partial charge on any atom is 0.197 e. The fourth-order valence-electron chi connectivity index (χ4n) is 1.89. The Morgan fingerprint density at radius 3 is 2.18 bits per heavy atom. The molecule has 0 radical (unpaired) electrons. The van der Waals surface area contributed by atoms with Crippen molar-refractivity contribution < 1.29 is 14.6 Å². The van der Waals surface area contributed by atoms with E-state index < -0.39 is 5.60 Å². The molecule has 1 aromatic carbocycles. The largest absolute Gasteiger partial charge is 0.496 e. The fourth-order valence-corrected chi connectivity index (χ4v) is 1.89. The zero-order valence-electron chi connectivity index (χ0n) is 11.3. The third kappa shape index (κ3) is 2.50. The topological polar surface area (TPSA) is 46.5 Å². The van der Waals surface area contributed by atoms with E-state index in [0.29, 0.717) is 11.3 Å². The summed E-state index contributed by atoms with van der Waals surface area (Å²) < 4.78 is 5.32. The minimum absolute atomic E-state index is 0.310. The van der Waals surface area contributed by atoms with Gasteiger partial charge in [-0.25, -0.2) is 0 Å². The van der Waals surface area contributed by atoms with Gasteiger partial charge in [-0.3, -0.25) is 4.79 Å². The Morgan fingerprint density at radius 2 is 1.76 bits per heavy atom. The molecule has 1 N–H and O–H groups in total. The van der Waals surface area contributed by atoms with Crippen LogP contribution in [0.2, 0.25) is 0 Å². The van der Waals surface area contributed by atoms with E-state index in [1.165, 1.54) is 13.8 Å². The molecule has 0 saturated heterocycles. The molecule has 1 aromatic rings. The van der Waals surface area contributed by atoms with Crippen molar-refractivity contribution in [1.29, 1.82) is 0 Å². The summed E-state index contributed by atoms with van der Waals surface area (Å²) in [5, 5.41) is 9.84. The van der Waals surface area contributed by atoms with Gasteiger partial charge in [0, 0.05) is 0 Å². The highest BCUT2D eigenvalue weighted by molar-refractivity contribution is 6.05. The van der Waals surface area contributed by atoms with E-state index in [2.05, 4.69) is 0 Å². The Labute approximate surface area is 102 Å². The number of aryl methyl sites for hydroxylation is 2. The summed E-state index contributed by atoms with van der Waals surface area (Å²) in [5.74, 6) is 0.254. The molecule has 0 fully saturated rings. The summed E-state index contributed by atoms with van der Waals surface area (Å²) in [6, 6.07) is 1.94. The van der Waals surface area contributed by atoms with Crippen molar-refractivity contribution in [2.24, 2.45) is 0 Å². The zero-order valence-corrected chi connectivity index (χ0v) is 11.3. The van der Waals surface area contributed by atoms with Crippen LogP contribution in [0.4, 0.5) is 0 Å². The van der Waals surface area contributed by atoms with E-state index in [4.69, 9.17) is 4.74 Å². The van der Waals surface area contributed by atoms with Gasteiger partial charge >= 0.3 is 0 Å². The molecular formula is C14H20O3. The molecular weight excluding hydrogens is 216 g/mol. The van der Waals surface area contributed by atoms with Crippen molar-refractivity contribution in [1.82, 2.24) is 0 Å². The molecule has 0 aliphatic rings. The molecule has 3 heteroatoms. The fraction of sp³-hybridized carbons (Fsp3) is 0.500. The summed E-state index contributed by atoms with van der Waals surface area (Å²) in [5.41, 5.74) is 1.93. The monoisotopic (exact) mass is 236 g/mol. The number of aliphatic hydroxyl groups is 1. The molecule has 94 valence electrons. The van der Waals surface area contributed by atoms with Gasteiger partial charge in [0.15, 0.2) is 5.78 Å². The van der Waals surface area contributed by atoms with Crippen LogP contribution in [0, 0.1) is 20.8 Å². The normalized spacial score (nSPS) is 11.5. The first-order valence-electron chi connectivity index (χ1n) is 5.62. The van der Waals surface area contributed by atoms with Gasteiger partial charge in [0.25, 0.3) is 0 Å². The predicted molar refractivity (Wildman–Crippen MR) is 67.8 cm³/mol. The average molecular weight is 236 g/mol. The Bertz CT molecular complexity index is 454. The zero-order chi connectivity index (χ0) is 13.4. The number of methoxy groups -OCH3 is 1. The standard InChI is InChI=1S/C14H20O3/c1-8-7-9(2)11(12(17-6)10(8)3)13(15)14(4,5)16/h7,16H,1-6H3. The minimum atomic E-state index is -1.39. The molecule has 0 bridgehead atoms. The summed E-state index contributed by atoms with van der Waals surface area (Å²) in [6.07, 6.45) is 0. The van der Waals surface area contributed by atoms with Crippen molar-refractivity contribution in [2.75, 3.05) is 7.11 Å². The van der Waals surface area contributed by atoms with Gasteiger partial charge in [-0.2, -0.15) is 0 Å². The molecule has 1 rings (SSSR count). The van der Waals surface area contributed by atoms with Crippen LogP contribution in [0.25, 0.3) is 0 Å². The number of carbonyl (C=O) groups excluding carboxylic acids is 1. The van der Waals surface area contributed by atoms with E-state index in [0.717, 1.165) is 16.7 Å². The highest BCUT2D eigenvalue weighted by Gasteiger charge is 2.30. The number of benzene rings is 1. The van der Waals surface area contributed by atoms with Crippen molar-refractivity contribution >= 4 is 5.78 Å². The quantitative estimate of drug-likeness (QED) is 0.820. The SMILES string of the molecule is COc1c(C)c(C)cc(C)c1C(=O)C(C)(C)O. The molecule has 0 heterocycles. The average Bonchev–Trinajstić information content (AvgIpc) is 2.20. The number of hydrogen-bond donors (Lipinski definition) is 1. The number of hydrogen-bond acceptors (Lipinski definition) is 3. The van der Waals surface area contributed by atoms with E-state index in [1.807, 2.05) is 26.8 Å². The van der Waals surface area contributed by atoms with E-state index in [-0.39, 0.29) is 5.78 Å². The van der Waals surface area contributed by atoms with Gasteiger partial charge < -0.3 is 9.84 Å². The maximum absolute atomic E-state index is 12.2. The van der Waals surface area contributed by atoms with Gasteiger partial charge in [0.2, 0.25) is 0 Å². The smallest absolute Gasteiger partial charge is 0.197 e. The van der Waals surface area contributed by atoms with Gasteiger partial charge in [-0.15, -0.1) is 0 Å². The first-order chi connectivity index (χ1) is 7.70. The van der Waals surface area contributed by atoms with Crippen molar-refractivity contribution in [3.8, 4) is 5.75 Å². The van der Waals surface area contributed by atoms with E-state index >= 15 is 0 Å². The Morgan fingerprint density at radius 1 is 1.24 bits per heavy atom. The number of ketones is 1. The molecule has 0 saturated carbocycles. The second kappa shape index (κ2) is 4.49. The lowest BCUT2D eigenvalue weighted by Gasteiger charge is -2.21. The Hall–Kier alpha value is -1.35. The van der Waals surface area contributed by atoms with Crippen LogP contribution >= 0.6 is 0 Å². The van der Waals surface area contributed by atoms with Crippen LogP contribution < -0.4 is 4.74 Å². The highest BCUT2D eigenvalue weighted by atomic mass is 16.5. The van der Waals surface area contributed by atoms with E-state index in [1.54, 1.807) is 7.11 Å². The van der Waals surface area contributed by atoms with Crippen molar-refractivity contribution in [3.05, 3.63) is 28.3 Å². The first kappa shape index (κ1) is 13.7. The lowest BCUT2D eigenvalue weighted by atomic mass is 9.89. The second-order valence-corrected chi connectivity index (χ2v) is 4.93. The summed E-state index contributed by atoms with van der Waals surface area (Å²) in [6.45, 7) is 8.72. The third-order valence-corrected chi connectivity index (χ3v) is 2.97. The lowest BCUT2D eigenvalue weighted by molar-refractivity contribution is 0.0484. The van der Waals surface area contributed by atoms with Crippen LogP contribution in [0.3, 0.4) is 0 Å². The summed E-state index contributed by atoms with van der Waals surface area (Å²) in [7, 11) is 1.54. The first-order valence-corrected chi connectivity index (χ1v) is 5.62. The third-order valence-electron chi connectivity index (χ3n) is 2.97. The Kier molecular flexibility index (Phi) is 3.62.